The Balaban J connectivity index is 2.16. The van der Waals surface area contributed by atoms with Gasteiger partial charge in [0.15, 0.2) is 10.8 Å². The standard InChI is InChI=1S/C11H13N3O2S/c1-3-16-10(15)8(2)17-11-13-12-9-6-4-5-7-14(9)11/h4-8H,3H2,1-2H3. The van der Waals surface area contributed by atoms with Crippen molar-refractivity contribution >= 4 is 23.4 Å². The Labute approximate surface area is 103 Å². The molecule has 0 aromatic carbocycles. The third-order valence-electron chi connectivity index (χ3n) is 2.18. The lowest BCUT2D eigenvalue weighted by Crippen LogP contribution is -2.17. The molecule has 17 heavy (non-hydrogen) atoms. The Morgan fingerprint density at radius 2 is 2.35 bits per heavy atom. The quantitative estimate of drug-likeness (QED) is 0.612. The molecular formula is C11H13N3O2S. The Hall–Kier alpha value is -1.56. The van der Waals surface area contributed by atoms with Gasteiger partial charge in [-0.2, -0.15) is 0 Å². The lowest BCUT2D eigenvalue weighted by Gasteiger charge is -2.08. The lowest BCUT2D eigenvalue weighted by molar-refractivity contribution is -0.142. The zero-order valence-corrected chi connectivity index (χ0v) is 10.5. The first-order valence-corrected chi connectivity index (χ1v) is 6.23. The van der Waals surface area contributed by atoms with E-state index < -0.39 is 0 Å². The van der Waals surface area contributed by atoms with Crippen LogP contribution in [-0.4, -0.2) is 32.4 Å². The molecule has 0 aliphatic rings. The summed E-state index contributed by atoms with van der Waals surface area (Å²) < 4.78 is 6.79. The molecule has 0 spiro atoms. The molecule has 0 saturated heterocycles. The van der Waals surface area contributed by atoms with Crippen molar-refractivity contribution in [1.29, 1.82) is 0 Å². The van der Waals surface area contributed by atoms with Gasteiger partial charge in [0.1, 0.15) is 5.25 Å². The van der Waals surface area contributed by atoms with Crippen molar-refractivity contribution in [3.8, 4) is 0 Å². The second kappa shape index (κ2) is 5.18. The zero-order valence-electron chi connectivity index (χ0n) is 9.66. The van der Waals surface area contributed by atoms with Gasteiger partial charge in [-0.1, -0.05) is 17.8 Å². The maximum absolute atomic E-state index is 11.5. The molecule has 2 aromatic rings. The summed E-state index contributed by atoms with van der Waals surface area (Å²) in [5.41, 5.74) is 0.769. The van der Waals surface area contributed by atoms with E-state index >= 15 is 0 Å². The first-order chi connectivity index (χ1) is 8.22. The van der Waals surface area contributed by atoms with E-state index in [0.29, 0.717) is 11.8 Å². The number of pyridine rings is 1. The van der Waals surface area contributed by atoms with Gasteiger partial charge in [0.25, 0.3) is 0 Å². The number of esters is 1. The summed E-state index contributed by atoms with van der Waals surface area (Å²) in [4.78, 5) is 11.5. The van der Waals surface area contributed by atoms with Crippen molar-refractivity contribution in [3.05, 3.63) is 24.4 Å². The minimum Gasteiger partial charge on any atom is -0.465 e. The number of rotatable bonds is 4. The molecule has 2 heterocycles. The molecule has 0 aliphatic carbocycles. The summed E-state index contributed by atoms with van der Waals surface area (Å²) in [6.45, 7) is 3.98. The van der Waals surface area contributed by atoms with Crippen LogP contribution in [0.4, 0.5) is 0 Å². The monoisotopic (exact) mass is 251 g/mol. The minimum absolute atomic E-state index is 0.231. The lowest BCUT2D eigenvalue weighted by atomic mass is 10.5. The molecule has 6 heteroatoms. The highest BCUT2D eigenvalue weighted by Gasteiger charge is 2.18. The van der Waals surface area contributed by atoms with E-state index in [-0.39, 0.29) is 11.2 Å². The molecule has 0 amide bonds. The van der Waals surface area contributed by atoms with E-state index in [1.165, 1.54) is 11.8 Å². The molecular weight excluding hydrogens is 238 g/mol. The first kappa shape index (κ1) is 11.9. The average Bonchev–Trinajstić information content (AvgIpc) is 2.73. The van der Waals surface area contributed by atoms with Crippen LogP contribution in [0.15, 0.2) is 29.6 Å². The maximum atomic E-state index is 11.5. The van der Waals surface area contributed by atoms with Gasteiger partial charge in [-0.05, 0) is 26.0 Å². The second-order valence-electron chi connectivity index (χ2n) is 3.42. The van der Waals surface area contributed by atoms with E-state index in [4.69, 9.17) is 4.74 Å². The maximum Gasteiger partial charge on any atom is 0.319 e. The molecule has 1 unspecified atom stereocenters. The number of thioether (sulfide) groups is 1. The van der Waals surface area contributed by atoms with Crippen LogP contribution in [0.3, 0.4) is 0 Å². The molecule has 0 aliphatic heterocycles. The summed E-state index contributed by atoms with van der Waals surface area (Å²) in [6.07, 6.45) is 1.87. The smallest absolute Gasteiger partial charge is 0.319 e. The molecule has 0 fully saturated rings. The summed E-state index contributed by atoms with van der Waals surface area (Å²) in [7, 11) is 0. The van der Waals surface area contributed by atoms with Crippen molar-refractivity contribution in [3.63, 3.8) is 0 Å². The molecule has 0 bridgehead atoms. The fourth-order valence-electron chi connectivity index (χ4n) is 1.37. The largest absolute Gasteiger partial charge is 0.465 e. The molecule has 0 saturated carbocycles. The van der Waals surface area contributed by atoms with Crippen LogP contribution in [0, 0.1) is 0 Å². The van der Waals surface area contributed by atoms with Crippen LogP contribution in [0.2, 0.25) is 0 Å². The summed E-state index contributed by atoms with van der Waals surface area (Å²) >= 11 is 1.34. The highest BCUT2D eigenvalue weighted by Crippen LogP contribution is 2.22. The summed E-state index contributed by atoms with van der Waals surface area (Å²) in [5.74, 6) is -0.231. The number of ether oxygens (including phenoxy) is 1. The first-order valence-electron chi connectivity index (χ1n) is 5.35. The predicted molar refractivity (Wildman–Crippen MR) is 64.9 cm³/mol. The van der Waals surface area contributed by atoms with Gasteiger partial charge in [-0.3, -0.25) is 9.20 Å². The SMILES string of the molecule is CCOC(=O)C(C)Sc1nnc2ccccn12. The van der Waals surface area contributed by atoms with Crippen molar-refractivity contribution in [2.75, 3.05) is 6.61 Å². The number of fused-ring (bicyclic) bond motifs is 1. The average molecular weight is 251 g/mol. The van der Waals surface area contributed by atoms with Gasteiger partial charge in [0, 0.05) is 6.20 Å². The van der Waals surface area contributed by atoms with E-state index in [1.807, 2.05) is 28.8 Å². The fourth-order valence-corrected chi connectivity index (χ4v) is 2.20. The van der Waals surface area contributed by atoms with Gasteiger partial charge in [-0.15, -0.1) is 10.2 Å². The van der Waals surface area contributed by atoms with Crippen LogP contribution in [0.25, 0.3) is 5.65 Å². The van der Waals surface area contributed by atoms with Gasteiger partial charge in [0.2, 0.25) is 0 Å². The van der Waals surface area contributed by atoms with E-state index in [0.717, 1.165) is 5.65 Å². The minimum atomic E-state index is -0.289. The number of hydrogen-bond acceptors (Lipinski definition) is 5. The van der Waals surface area contributed by atoms with E-state index in [1.54, 1.807) is 13.8 Å². The second-order valence-corrected chi connectivity index (χ2v) is 4.73. The van der Waals surface area contributed by atoms with E-state index in [9.17, 15) is 4.79 Å². The number of carbonyl (C=O) groups is 1. The van der Waals surface area contributed by atoms with Crippen LogP contribution < -0.4 is 0 Å². The van der Waals surface area contributed by atoms with Gasteiger partial charge >= 0.3 is 5.97 Å². The Morgan fingerprint density at radius 1 is 1.53 bits per heavy atom. The van der Waals surface area contributed by atoms with Crippen molar-refractivity contribution in [2.24, 2.45) is 0 Å². The Morgan fingerprint density at radius 3 is 3.12 bits per heavy atom. The van der Waals surface area contributed by atoms with Crippen LogP contribution >= 0.6 is 11.8 Å². The normalized spacial score (nSPS) is 12.6. The predicted octanol–water partition coefficient (Wildman–Crippen LogP) is 1.77. The molecule has 0 radical (unpaired) electrons. The van der Waals surface area contributed by atoms with Crippen LogP contribution in [0.1, 0.15) is 13.8 Å². The fraction of sp³-hybridized carbons (Fsp3) is 0.364. The Kier molecular flexibility index (Phi) is 3.63. The van der Waals surface area contributed by atoms with E-state index in [2.05, 4.69) is 10.2 Å². The summed E-state index contributed by atoms with van der Waals surface area (Å²) in [5, 5.41) is 8.47. The highest BCUT2D eigenvalue weighted by molar-refractivity contribution is 8.00. The number of aromatic nitrogens is 3. The third kappa shape index (κ3) is 2.58. The number of nitrogens with zero attached hydrogens (tertiary/aromatic N) is 3. The van der Waals surface area contributed by atoms with Crippen molar-refractivity contribution in [2.45, 2.75) is 24.3 Å². The van der Waals surface area contributed by atoms with Crippen LogP contribution in [-0.2, 0) is 9.53 Å². The van der Waals surface area contributed by atoms with Crippen molar-refractivity contribution in [1.82, 2.24) is 14.6 Å². The van der Waals surface area contributed by atoms with Gasteiger partial charge < -0.3 is 4.74 Å². The number of hydrogen-bond donors (Lipinski definition) is 0. The third-order valence-corrected chi connectivity index (χ3v) is 3.22. The molecule has 0 N–H and O–H groups in total. The molecule has 1 atom stereocenters. The molecule has 5 nitrogen and oxygen atoms in total. The summed E-state index contributed by atoms with van der Waals surface area (Å²) in [6, 6.07) is 5.66. The highest BCUT2D eigenvalue weighted by atomic mass is 32.2. The number of carbonyl (C=O) groups excluding carboxylic acids is 1. The van der Waals surface area contributed by atoms with Gasteiger partial charge in [-0.25, -0.2) is 0 Å². The molecule has 90 valence electrons. The zero-order chi connectivity index (χ0) is 12.3. The van der Waals surface area contributed by atoms with Crippen molar-refractivity contribution < 1.29 is 9.53 Å². The van der Waals surface area contributed by atoms with Gasteiger partial charge in [0.05, 0.1) is 6.61 Å². The molecule has 2 rings (SSSR count). The van der Waals surface area contributed by atoms with Crippen LogP contribution in [0.5, 0.6) is 0 Å². The molecule has 2 aromatic heterocycles. The topological polar surface area (TPSA) is 56.5 Å². The Bertz CT molecular complexity index is 526.